The number of benzene rings is 7. The number of phenols is 8. The molecule has 1 aromatic heterocycles. The highest BCUT2D eigenvalue weighted by Gasteiger charge is 2.37. The van der Waals surface area contributed by atoms with Gasteiger partial charge in [0.2, 0.25) is 23.0 Å². The maximum absolute atomic E-state index is 11.7. The number of rotatable bonds is 4. The Bertz CT molecular complexity index is 2850. The number of nitrogens with zero attached hydrogens (tertiary/aromatic N) is 2. The Morgan fingerprint density at radius 1 is 0.519 bits per heavy atom. The van der Waals surface area contributed by atoms with Crippen molar-refractivity contribution in [3.63, 3.8) is 0 Å². The standard InChI is InChI=1S/C44H34N2O8/c1-4-29-45-27-11-7-8-12-28(27)46(29)22-16-13-20(14-17-22)30-32-34(38(49)42(53)40(51)36(32)47)31(35-33(30)37(48)41(52)43(54)39(35)50)21-15-18-24-23-9-5-6-10-25(23)44(2,3)26(24)19-21/h5-19,47-54H,4H2,1-3H3. The second-order valence-electron chi connectivity index (χ2n) is 14.2. The summed E-state index contributed by atoms with van der Waals surface area (Å²) in [5.74, 6) is -6.52. The van der Waals surface area contributed by atoms with Crippen LogP contribution in [0.25, 0.3) is 71.6 Å². The van der Waals surface area contributed by atoms with Gasteiger partial charge in [-0.25, -0.2) is 4.98 Å². The second-order valence-corrected chi connectivity index (χ2v) is 14.2. The molecule has 54 heavy (non-hydrogen) atoms. The molecule has 0 spiro atoms. The van der Waals surface area contributed by atoms with Crippen LogP contribution in [0.15, 0.2) is 91.0 Å². The first-order valence-electron chi connectivity index (χ1n) is 17.4. The summed E-state index contributed by atoms with van der Waals surface area (Å²) in [4.78, 5) is 4.77. The zero-order chi connectivity index (χ0) is 38.0. The molecule has 0 aliphatic heterocycles. The number of imidazole rings is 1. The van der Waals surface area contributed by atoms with Crippen LogP contribution in [0.1, 0.15) is 37.7 Å². The van der Waals surface area contributed by atoms with Gasteiger partial charge in [0, 0.05) is 50.2 Å². The van der Waals surface area contributed by atoms with Crippen LogP contribution in [0.2, 0.25) is 0 Å². The van der Waals surface area contributed by atoms with Gasteiger partial charge in [0.15, 0.2) is 23.0 Å². The molecule has 1 heterocycles. The third-order valence-electron chi connectivity index (χ3n) is 11.0. The van der Waals surface area contributed by atoms with Gasteiger partial charge in [-0.15, -0.1) is 0 Å². The van der Waals surface area contributed by atoms with Gasteiger partial charge >= 0.3 is 0 Å². The van der Waals surface area contributed by atoms with E-state index in [1.54, 1.807) is 30.3 Å². The molecule has 0 radical (unpaired) electrons. The van der Waals surface area contributed by atoms with Crippen LogP contribution in [-0.2, 0) is 11.8 Å². The number of aromatic hydroxyl groups is 8. The Kier molecular flexibility index (Phi) is 6.81. The molecule has 0 bridgehead atoms. The summed E-state index contributed by atoms with van der Waals surface area (Å²) in [5.41, 5.74) is 6.66. The van der Waals surface area contributed by atoms with Gasteiger partial charge in [-0.05, 0) is 63.7 Å². The Morgan fingerprint density at radius 2 is 1.00 bits per heavy atom. The Balaban J connectivity index is 1.41. The molecule has 9 rings (SSSR count). The predicted molar refractivity (Wildman–Crippen MR) is 207 cm³/mol. The summed E-state index contributed by atoms with van der Waals surface area (Å²) in [6.07, 6.45) is 0.644. The number of aryl methyl sites for hydroxylation is 1. The van der Waals surface area contributed by atoms with Crippen molar-refractivity contribution in [1.82, 2.24) is 9.55 Å². The van der Waals surface area contributed by atoms with Crippen molar-refractivity contribution in [3.8, 4) is 85.1 Å². The lowest BCUT2D eigenvalue weighted by molar-refractivity contribution is 0.350. The van der Waals surface area contributed by atoms with Gasteiger partial charge in [-0.3, -0.25) is 4.57 Å². The maximum Gasteiger partial charge on any atom is 0.204 e. The number of para-hydroxylation sites is 2. The molecule has 1 aliphatic carbocycles. The third-order valence-corrected chi connectivity index (χ3v) is 11.0. The van der Waals surface area contributed by atoms with E-state index in [9.17, 15) is 40.9 Å². The molecule has 7 aromatic carbocycles. The van der Waals surface area contributed by atoms with Gasteiger partial charge in [-0.2, -0.15) is 0 Å². The summed E-state index contributed by atoms with van der Waals surface area (Å²) in [6, 6.07) is 28.2. The normalized spacial score (nSPS) is 13.2. The van der Waals surface area contributed by atoms with Crippen LogP contribution < -0.4 is 0 Å². The van der Waals surface area contributed by atoms with Gasteiger partial charge in [0.25, 0.3) is 0 Å². The van der Waals surface area contributed by atoms with Crippen molar-refractivity contribution in [2.24, 2.45) is 0 Å². The van der Waals surface area contributed by atoms with Crippen LogP contribution >= 0.6 is 0 Å². The first-order valence-corrected chi connectivity index (χ1v) is 17.4. The largest absolute Gasteiger partial charge is 0.504 e. The van der Waals surface area contributed by atoms with Crippen molar-refractivity contribution in [3.05, 3.63) is 108 Å². The van der Waals surface area contributed by atoms with Gasteiger partial charge < -0.3 is 40.9 Å². The van der Waals surface area contributed by atoms with Crippen LogP contribution in [0.5, 0.6) is 46.0 Å². The molecule has 0 unspecified atom stereocenters. The molecule has 8 aromatic rings. The lowest BCUT2D eigenvalue weighted by Crippen LogP contribution is -2.14. The van der Waals surface area contributed by atoms with E-state index < -0.39 is 51.4 Å². The summed E-state index contributed by atoms with van der Waals surface area (Å²) in [5, 5.41) is 89.9. The number of hydrogen-bond donors (Lipinski definition) is 8. The molecule has 10 heteroatoms. The highest BCUT2D eigenvalue weighted by Crippen LogP contribution is 2.62. The Morgan fingerprint density at radius 3 is 1.57 bits per heavy atom. The minimum absolute atomic E-state index is 0.0124. The van der Waals surface area contributed by atoms with E-state index in [2.05, 4.69) is 13.8 Å². The zero-order valence-electron chi connectivity index (χ0n) is 29.3. The smallest absolute Gasteiger partial charge is 0.204 e. The van der Waals surface area contributed by atoms with Crippen LogP contribution in [0.4, 0.5) is 0 Å². The first-order chi connectivity index (χ1) is 25.9. The fourth-order valence-electron chi connectivity index (χ4n) is 8.43. The monoisotopic (exact) mass is 718 g/mol. The fraction of sp³-hybridized carbons (Fsp3) is 0.114. The molecule has 0 amide bonds. The average Bonchev–Trinajstić information content (AvgIpc) is 3.68. The Hall–Kier alpha value is -7.07. The summed E-state index contributed by atoms with van der Waals surface area (Å²) < 4.78 is 2.01. The van der Waals surface area contributed by atoms with Crippen LogP contribution in [0.3, 0.4) is 0 Å². The topological polar surface area (TPSA) is 180 Å². The summed E-state index contributed by atoms with van der Waals surface area (Å²) >= 11 is 0. The highest BCUT2D eigenvalue weighted by molar-refractivity contribution is 6.29. The molecule has 1 aliphatic rings. The lowest BCUT2D eigenvalue weighted by atomic mass is 9.80. The van der Waals surface area contributed by atoms with Gasteiger partial charge in [0.1, 0.15) is 5.82 Å². The summed E-state index contributed by atoms with van der Waals surface area (Å²) in [7, 11) is 0. The summed E-state index contributed by atoms with van der Waals surface area (Å²) in [6.45, 7) is 6.14. The van der Waals surface area contributed by atoms with E-state index in [1.807, 2.05) is 72.2 Å². The van der Waals surface area contributed by atoms with Crippen LogP contribution in [0, 0.1) is 0 Å². The molecule has 0 saturated heterocycles. The third kappa shape index (κ3) is 4.19. The van der Waals surface area contributed by atoms with Crippen LogP contribution in [-0.4, -0.2) is 50.4 Å². The van der Waals surface area contributed by atoms with Crippen molar-refractivity contribution < 1.29 is 40.9 Å². The molecule has 0 saturated carbocycles. The lowest BCUT2D eigenvalue weighted by Gasteiger charge is -2.24. The average molecular weight is 719 g/mol. The highest BCUT2D eigenvalue weighted by atomic mass is 16.4. The predicted octanol–water partition coefficient (Wildman–Crippen LogP) is 9.18. The molecule has 0 fully saturated rings. The minimum Gasteiger partial charge on any atom is -0.504 e. The zero-order valence-corrected chi connectivity index (χ0v) is 29.3. The van der Waals surface area contributed by atoms with E-state index >= 15 is 0 Å². The van der Waals surface area contributed by atoms with Crippen molar-refractivity contribution in [2.45, 2.75) is 32.6 Å². The van der Waals surface area contributed by atoms with E-state index in [0.29, 0.717) is 17.5 Å². The fourth-order valence-corrected chi connectivity index (χ4v) is 8.43. The van der Waals surface area contributed by atoms with E-state index in [1.165, 1.54) is 0 Å². The van der Waals surface area contributed by atoms with E-state index in [0.717, 1.165) is 44.8 Å². The Labute approximate surface area is 308 Å². The second kappa shape index (κ2) is 11.2. The SMILES string of the molecule is CCc1nc2ccccc2n1-c1ccc(-c2c3c(O)c(O)c(O)c(O)c3c(-c3ccc4c(c3)C(C)(C)c3ccccc3-4)c3c(O)c(O)c(O)c(O)c23)cc1. The minimum atomic E-state index is -1.02. The number of hydrogen-bond acceptors (Lipinski definition) is 9. The first kappa shape index (κ1) is 32.8. The molecule has 8 N–H and O–H groups in total. The van der Waals surface area contributed by atoms with Crippen molar-refractivity contribution in [2.75, 3.05) is 0 Å². The van der Waals surface area contributed by atoms with Crippen molar-refractivity contribution in [1.29, 1.82) is 0 Å². The molecule has 10 nitrogen and oxygen atoms in total. The molecular weight excluding hydrogens is 684 g/mol. The number of aromatic nitrogens is 2. The van der Waals surface area contributed by atoms with Crippen molar-refractivity contribution >= 4 is 32.6 Å². The van der Waals surface area contributed by atoms with Gasteiger partial charge in [-0.1, -0.05) is 81.4 Å². The number of fused-ring (bicyclic) bond motifs is 6. The van der Waals surface area contributed by atoms with Gasteiger partial charge in [0.05, 0.1) is 11.0 Å². The molecule has 0 atom stereocenters. The molecular formula is C44H34N2O8. The number of phenolic OH excluding ortho intramolecular Hbond substituents is 8. The maximum atomic E-state index is 11.7. The van der Waals surface area contributed by atoms with E-state index in [4.69, 9.17) is 4.98 Å². The molecule has 268 valence electrons. The van der Waals surface area contributed by atoms with E-state index in [-0.39, 0.29) is 32.7 Å². The quantitative estimate of drug-likeness (QED) is 0.0500.